The van der Waals surface area contributed by atoms with E-state index in [-0.39, 0.29) is 12.1 Å². The predicted octanol–water partition coefficient (Wildman–Crippen LogP) is -0.303. The summed E-state index contributed by atoms with van der Waals surface area (Å²) in [5, 5.41) is 0. The van der Waals surface area contributed by atoms with Crippen LogP contribution in [0.15, 0.2) is 0 Å². The van der Waals surface area contributed by atoms with Crippen LogP contribution in [-0.2, 0) is 0 Å². The standard InChI is InChI=1S/C5H12IN3/c6-9-2-4(7)1-5(8)3-9/h4-5H,1-3,7-8H2/t4-,5+. The van der Waals surface area contributed by atoms with E-state index in [0.717, 1.165) is 19.5 Å². The molecule has 0 amide bonds. The Hall–Kier alpha value is 0.610. The van der Waals surface area contributed by atoms with Gasteiger partial charge in [0.05, 0.1) is 0 Å². The number of piperidine rings is 1. The molecule has 0 aromatic carbocycles. The van der Waals surface area contributed by atoms with Crippen molar-refractivity contribution in [3.63, 3.8) is 0 Å². The summed E-state index contributed by atoms with van der Waals surface area (Å²) in [5.41, 5.74) is 11.4. The first kappa shape index (κ1) is 7.71. The van der Waals surface area contributed by atoms with Crippen LogP contribution in [0.3, 0.4) is 0 Å². The highest BCUT2D eigenvalue weighted by atomic mass is 127. The summed E-state index contributed by atoms with van der Waals surface area (Å²) < 4.78 is 2.15. The summed E-state index contributed by atoms with van der Waals surface area (Å²) in [7, 11) is 0. The van der Waals surface area contributed by atoms with Crippen molar-refractivity contribution in [1.29, 1.82) is 0 Å². The van der Waals surface area contributed by atoms with Crippen molar-refractivity contribution in [1.82, 2.24) is 3.11 Å². The fourth-order valence-electron chi connectivity index (χ4n) is 1.12. The van der Waals surface area contributed by atoms with E-state index < -0.39 is 0 Å². The maximum Gasteiger partial charge on any atom is 0.0234 e. The van der Waals surface area contributed by atoms with Gasteiger partial charge in [0.1, 0.15) is 0 Å². The molecule has 0 aromatic heterocycles. The molecule has 0 unspecified atom stereocenters. The van der Waals surface area contributed by atoms with Crippen molar-refractivity contribution >= 4 is 22.9 Å². The third-order valence-electron chi connectivity index (χ3n) is 1.47. The van der Waals surface area contributed by atoms with Crippen molar-refractivity contribution in [3.8, 4) is 0 Å². The highest BCUT2D eigenvalue weighted by Gasteiger charge is 2.19. The molecule has 4 N–H and O–H groups in total. The molecule has 0 aromatic rings. The maximum atomic E-state index is 5.69. The Morgan fingerprint density at radius 3 is 2.00 bits per heavy atom. The van der Waals surface area contributed by atoms with E-state index in [4.69, 9.17) is 11.5 Å². The Bertz CT molecular complexity index is 73.2. The molecular formula is C5H12IN3. The molecule has 2 atom stereocenters. The predicted molar refractivity (Wildman–Crippen MR) is 46.2 cm³/mol. The van der Waals surface area contributed by atoms with Crippen molar-refractivity contribution < 1.29 is 0 Å². The van der Waals surface area contributed by atoms with Crippen molar-refractivity contribution in [2.45, 2.75) is 18.5 Å². The zero-order chi connectivity index (χ0) is 6.85. The first-order chi connectivity index (χ1) is 4.18. The van der Waals surface area contributed by atoms with Crippen LogP contribution in [0.1, 0.15) is 6.42 Å². The van der Waals surface area contributed by atoms with E-state index in [9.17, 15) is 0 Å². The lowest BCUT2D eigenvalue weighted by atomic mass is 10.1. The van der Waals surface area contributed by atoms with Gasteiger partial charge in [0.25, 0.3) is 0 Å². The zero-order valence-electron chi connectivity index (χ0n) is 5.26. The molecule has 0 spiro atoms. The van der Waals surface area contributed by atoms with E-state index in [1.807, 2.05) is 0 Å². The van der Waals surface area contributed by atoms with Gasteiger partial charge >= 0.3 is 0 Å². The highest BCUT2D eigenvalue weighted by molar-refractivity contribution is 14.1. The van der Waals surface area contributed by atoms with Gasteiger partial charge in [-0.3, -0.25) is 0 Å². The Kier molecular flexibility index (Phi) is 2.69. The van der Waals surface area contributed by atoms with Crippen molar-refractivity contribution in [3.05, 3.63) is 0 Å². The molecule has 0 aliphatic carbocycles. The normalized spacial score (nSPS) is 39.0. The monoisotopic (exact) mass is 241 g/mol. The van der Waals surface area contributed by atoms with Gasteiger partial charge in [-0.2, -0.15) is 0 Å². The molecule has 1 fully saturated rings. The molecular weight excluding hydrogens is 229 g/mol. The molecule has 1 aliphatic heterocycles. The molecule has 1 heterocycles. The lowest BCUT2D eigenvalue weighted by molar-refractivity contribution is 0.329. The third-order valence-corrected chi connectivity index (χ3v) is 2.26. The molecule has 1 aliphatic rings. The Labute approximate surface area is 69.3 Å². The second-order valence-electron chi connectivity index (χ2n) is 2.58. The summed E-state index contributed by atoms with van der Waals surface area (Å²) in [5.74, 6) is 0. The van der Waals surface area contributed by atoms with Gasteiger partial charge < -0.3 is 11.5 Å². The summed E-state index contributed by atoms with van der Waals surface area (Å²) in [4.78, 5) is 0. The van der Waals surface area contributed by atoms with E-state index >= 15 is 0 Å². The number of hydrogen-bond acceptors (Lipinski definition) is 3. The summed E-state index contributed by atoms with van der Waals surface area (Å²) >= 11 is 2.26. The van der Waals surface area contributed by atoms with Crippen LogP contribution >= 0.6 is 22.9 Å². The van der Waals surface area contributed by atoms with Gasteiger partial charge in [-0.1, -0.05) is 0 Å². The Morgan fingerprint density at radius 2 is 1.67 bits per heavy atom. The zero-order valence-corrected chi connectivity index (χ0v) is 7.41. The summed E-state index contributed by atoms with van der Waals surface area (Å²) in [6.07, 6.45) is 0.972. The third kappa shape index (κ3) is 2.37. The van der Waals surface area contributed by atoms with Gasteiger partial charge in [-0.05, 0) is 6.42 Å². The summed E-state index contributed by atoms with van der Waals surface area (Å²) in [6.45, 7) is 1.96. The number of halogens is 1. The number of nitrogens with two attached hydrogens (primary N) is 2. The quantitative estimate of drug-likeness (QED) is 0.452. The number of nitrogens with zero attached hydrogens (tertiary/aromatic N) is 1. The molecule has 54 valence electrons. The second kappa shape index (κ2) is 3.14. The smallest absolute Gasteiger partial charge is 0.0234 e. The minimum absolute atomic E-state index is 0.283. The average Bonchev–Trinajstić information content (AvgIpc) is 1.59. The topological polar surface area (TPSA) is 55.3 Å². The van der Waals surface area contributed by atoms with Crippen LogP contribution in [0.4, 0.5) is 0 Å². The van der Waals surface area contributed by atoms with E-state index in [1.165, 1.54) is 0 Å². The highest BCUT2D eigenvalue weighted by Crippen LogP contribution is 2.10. The minimum atomic E-state index is 0.283. The summed E-state index contributed by atoms with van der Waals surface area (Å²) in [6, 6.07) is 0.566. The lowest BCUT2D eigenvalue weighted by Crippen LogP contribution is -2.48. The van der Waals surface area contributed by atoms with Gasteiger partial charge in [-0.25, -0.2) is 3.11 Å². The van der Waals surface area contributed by atoms with Crippen LogP contribution in [0, 0.1) is 0 Å². The Balaban J connectivity index is 2.34. The first-order valence-corrected chi connectivity index (χ1v) is 4.07. The second-order valence-corrected chi connectivity index (χ2v) is 3.95. The van der Waals surface area contributed by atoms with Crippen LogP contribution in [0.5, 0.6) is 0 Å². The molecule has 4 heteroatoms. The molecule has 1 saturated heterocycles. The van der Waals surface area contributed by atoms with Crippen LogP contribution in [-0.4, -0.2) is 28.3 Å². The van der Waals surface area contributed by atoms with E-state index in [1.54, 1.807) is 0 Å². The molecule has 3 nitrogen and oxygen atoms in total. The largest absolute Gasteiger partial charge is 0.326 e. The number of hydrogen-bond donors (Lipinski definition) is 2. The van der Waals surface area contributed by atoms with Crippen molar-refractivity contribution in [2.24, 2.45) is 11.5 Å². The number of rotatable bonds is 0. The molecule has 0 radical (unpaired) electrons. The fourth-order valence-corrected chi connectivity index (χ4v) is 2.13. The molecule has 0 bridgehead atoms. The minimum Gasteiger partial charge on any atom is -0.326 e. The lowest BCUT2D eigenvalue weighted by Gasteiger charge is -2.29. The Morgan fingerprint density at radius 1 is 1.22 bits per heavy atom. The molecule has 1 rings (SSSR count). The van der Waals surface area contributed by atoms with E-state index in [0.29, 0.717) is 0 Å². The van der Waals surface area contributed by atoms with Crippen molar-refractivity contribution in [2.75, 3.05) is 13.1 Å². The first-order valence-electron chi connectivity index (χ1n) is 3.10. The van der Waals surface area contributed by atoms with Crippen LogP contribution in [0.25, 0.3) is 0 Å². The fraction of sp³-hybridized carbons (Fsp3) is 1.00. The van der Waals surface area contributed by atoms with Gasteiger partial charge in [-0.15, -0.1) is 0 Å². The average molecular weight is 241 g/mol. The van der Waals surface area contributed by atoms with Crippen LogP contribution in [0.2, 0.25) is 0 Å². The van der Waals surface area contributed by atoms with Gasteiger partial charge in [0.15, 0.2) is 0 Å². The van der Waals surface area contributed by atoms with Gasteiger partial charge in [0.2, 0.25) is 0 Å². The molecule has 9 heavy (non-hydrogen) atoms. The SMILES string of the molecule is N[C@@H]1C[C@H](N)CN(I)C1. The molecule has 0 saturated carbocycles. The van der Waals surface area contributed by atoms with Crippen LogP contribution < -0.4 is 11.5 Å². The van der Waals surface area contributed by atoms with E-state index in [2.05, 4.69) is 26.0 Å². The van der Waals surface area contributed by atoms with Gasteiger partial charge in [0, 0.05) is 48.0 Å². The maximum absolute atomic E-state index is 5.69.